The fourth-order valence-electron chi connectivity index (χ4n) is 4.01. The van der Waals surface area contributed by atoms with Gasteiger partial charge in [0, 0.05) is 31.7 Å². The molecule has 1 amide bonds. The molecule has 3 N–H and O–H groups in total. The van der Waals surface area contributed by atoms with Crippen molar-refractivity contribution in [1.29, 1.82) is 0 Å². The molecule has 1 aromatic rings. The van der Waals surface area contributed by atoms with Gasteiger partial charge in [-0.05, 0) is 42.5 Å². The van der Waals surface area contributed by atoms with E-state index in [0.717, 1.165) is 51.4 Å². The third-order valence-corrected chi connectivity index (χ3v) is 5.63. The third-order valence-electron chi connectivity index (χ3n) is 5.63. The molecule has 0 bridgehead atoms. The molecule has 2 aliphatic rings. The first-order chi connectivity index (χ1) is 12.2. The van der Waals surface area contributed by atoms with E-state index in [4.69, 9.17) is 10.5 Å². The van der Waals surface area contributed by atoms with E-state index in [1.54, 1.807) is 0 Å². The Labute approximate surface area is 175 Å². The van der Waals surface area contributed by atoms with Crippen molar-refractivity contribution in [2.75, 3.05) is 38.2 Å². The highest BCUT2D eigenvalue weighted by atomic mass is 35.5. The van der Waals surface area contributed by atoms with E-state index in [1.807, 2.05) is 12.1 Å². The largest absolute Gasteiger partial charge is 0.379 e. The van der Waals surface area contributed by atoms with Gasteiger partial charge in [-0.25, -0.2) is 0 Å². The molecular weight excluding hydrogens is 385 g/mol. The molecule has 2 fully saturated rings. The minimum atomic E-state index is 0. The molecule has 1 aliphatic carbocycles. The van der Waals surface area contributed by atoms with Crippen LogP contribution in [0, 0.1) is 5.41 Å². The Morgan fingerprint density at radius 1 is 1.07 bits per heavy atom. The van der Waals surface area contributed by atoms with Gasteiger partial charge in [0.25, 0.3) is 0 Å². The van der Waals surface area contributed by atoms with Crippen LogP contribution in [0.2, 0.25) is 0 Å². The highest BCUT2D eigenvalue weighted by Gasteiger charge is 2.32. The topological polar surface area (TPSA) is 67.6 Å². The van der Waals surface area contributed by atoms with Crippen molar-refractivity contribution in [3.05, 3.63) is 29.8 Å². The van der Waals surface area contributed by atoms with E-state index in [9.17, 15) is 4.79 Å². The fraction of sp³-hybridized carbons (Fsp3) is 0.650. The molecule has 27 heavy (non-hydrogen) atoms. The minimum absolute atomic E-state index is 0. The van der Waals surface area contributed by atoms with Crippen LogP contribution in [-0.4, -0.2) is 43.7 Å². The lowest BCUT2D eigenvalue weighted by molar-refractivity contribution is -0.118. The molecule has 3 rings (SSSR count). The van der Waals surface area contributed by atoms with Gasteiger partial charge in [0.1, 0.15) is 0 Å². The lowest BCUT2D eigenvalue weighted by Gasteiger charge is -2.35. The lowest BCUT2D eigenvalue weighted by Crippen LogP contribution is -2.36. The number of hydrogen-bond donors (Lipinski definition) is 2. The van der Waals surface area contributed by atoms with Crippen molar-refractivity contribution in [3.8, 4) is 0 Å². The van der Waals surface area contributed by atoms with Crippen molar-refractivity contribution in [1.82, 2.24) is 4.90 Å². The second-order valence-electron chi connectivity index (χ2n) is 7.58. The van der Waals surface area contributed by atoms with Gasteiger partial charge in [0.05, 0.1) is 13.2 Å². The summed E-state index contributed by atoms with van der Waals surface area (Å²) in [6.45, 7) is 5.15. The van der Waals surface area contributed by atoms with Gasteiger partial charge in [-0.3, -0.25) is 9.69 Å². The number of ether oxygens (including phenoxy) is 1. The van der Waals surface area contributed by atoms with Gasteiger partial charge in [-0.2, -0.15) is 0 Å². The zero-order chi connectivity index (χ0) is 17.5. The highest BCUT2D eigenvalue weighted by molar-refractivity contribution is 5.91. The number of rotatable bonds is 6. The summed E-state index contributed by atoms with van der Waals surface area (Å²) >= 11 is 0. The molecule has 0 atom stereocenters. The van der Waals surface area contributed by atoms with Crippen LogP contribution >= 0.6 is 24.8 Å². The molecule has 1 aromatic carbocycles. The van der Waals surface area contributed by atoms with Crippen LogP contribution in [0.4, 0.5) is 5.69 Å². The Morgan fingerprint density at radius 3 is 2.30 bits per heavy atom. The van der Waals surface area contributed by atoms with Crippen LogP contribution in [0.5, 0.6) is 0 Å². The summed E-state index contributed by atoms with van der Waals surface area (Å²) < 4.78 is 5.38. The first kappa shape index (κ1) is 24.2. The van der Waals surface area contributed by atoms with Gasteiger partial charge < -0.3 is 15.8 Å². The number of benzene rings is 1. The van der Waals surface area contributed by atoms with Crippen LogP contribution < -0.4 is 11.1 Å². The molecular formula is C20H33Cl2N3O2. The summed E-state index contributed by atoms with van der Waals surface area (Å²) in [6.07, 6.45) is 6.36. The molecule has 7 heteroatoms. The number of halogens is 2. The number of amides is 1. The molecule has 0 radical (unpaired) electrons. The predicted octanol–water partition coefficient (Wildman–Crippen LogP) is 3.60. The van der Waals surface area contributed by atoms with Crippen LogP contribution in [0.25, 0.3) is 0 Å². The second kappa shape index (κ2) is 11.9. The summed E-state index contributed by atoms with van der Waals surface area (Å²) in [5.41, 5.74) is 8.15. The number of hydrogen-bond acceptors (Lipinski definition) is 4. The van der Waals surface area contributed by atoms with Crippen LogP contribution in [0.15, 0.2) is 24.3 Å². The normalized spacial score (nSPS) is 19.4. The fourth-order valence-corrected chi connectivity index (χ4v) is 4.01. The average Bonchev–Trinajstić information content (AvgIpc) is 2.65. The van der Waals surface area contributed by atoms with Gasteiger partial charge in [-0.1, -0.05) is 31.4 Å². The Hall–Kier alpha value is -0.850. The molecule has 154 valence electrons. The van der Waals surface area contributed by atoms with E-state index in [-0.39, 0.29) is 36.1 Å². The predicted molar refractivity (Wildman–Crippen MR) is 115 cm³/mol. The van der Waals surface area contributed by atoms with Crippen molar-refractivity contribution in [3.63, 3.8) is 0 Å². The number of nitrogens with two attached hydrogens (primary N) is 1. The average molecular weight is 418 g/mol. The van der Waals surface area contributed by atoms with Gasteiger partial charge in [0.2, 0.25) is 5.91 Å². The number of morpholine rings is 1. The van der Waals surface area contributed by atoms with E-state index in [0.29, 0.717) is 13.0 Å². The number of nitrogens with zero attached hydrogens (tertiary/aromatic N) is 1. The Balaban J connectivity index is 0.00000182. The number of nitrogens with one attached hydrogen (secondary N) is 1. The Morgan fingerprint density at radius 2 is 1.70 bits per heavy atom. The summed E-state index contributed by atoms with van der Waals surface area (Å²) in [7, 11) is 0. The van der Waals surface area contributed by atoms with Crippen molar-refractivity contribution in [2.45, 2.75) is 45.1 Å². The molecule has 1 heterocycles. The Kier molecular flexibility index (Phi) is 10.6. The second-order valence-corrected chi connectivity index (χ2v) is 7.58. The maximum absolute atomic E-state index is 12.5. The zero-order valence-corrected chi connectivity index (χ0v) is 17.6. The van der Waals surface area contributed by atoms with E-state index in [1.165, 1.54) is 24.8 Å². The standard InChI is InChI=1S/C20H31N3O2.2ClH/c21-16-20(8-2-1-3-9-20)14-19(24)22-18-6-4-17(5-7-18)15-23-10-12-25-13-11-23;;/h4-7H,1-3,8-16,21H2,(H,22,24);2*1H. The Bertz CT molecular complexity index is 557. The van der Waals surface area contributed by atoms with Gasteiger partial charge >= 0.3 is 0 Å². The molecule has 0 unspecified atom stereocenters. The lowest BCUT2D eigenvalue weighted by atomic mass is 9.71. The summed E-state index contributed by atoms with van der Waals surface area (Å²) in [4.78, 5) is 14.9. The van der Waals surface area contributed by atoms with Gasteiger partial charge in [-0.15, -0.1) is 24.8 Å². The highest BCUT2D eigenvalue weighted by Crippen LogP contribution is 2.38. The summed E-state index contributed by atoms with van der Waals surface area (Å²) in [5.74, 6) is 0.0910. The quantitative estimate of drug-likeness (QED) is 0.741. The first-order valence-electron chi connectivity index (χ1n) is 9.58. The molecule has 1 saturated carbocycles. The monoisotopic (exact) mass is 417 g/mol. The SMILES string of the molecule is Cl.Cl.NCC1(CC(=O)Nc2ccc(CN3CCOCC3)cc2)CCCCC1. The number of carbonyl (C=O) groups is 1. The van der Waals surface area contributed by atoms with Crippen molar-refractivity contribution in [2.24, 2.45) is 11.1 Å². The number of anilines is 1. The maximum Gasteiger partial charge on any atom is 0.224 e. The number of carbonyl (C=O) groups excluding carboxylic acids is 1. The molecule has 1 aliphatic heterocycles. The van der Waals surface area contributed by atoms with Crippen LogP contribution in [-0.2, 0) is 16.1 Å². The smallest absolute Gasteiger partial charge is 0.224 e. The van der Waals surface area contributed by atoms with E-state index >= 15 is 0 Å². The molecule has 0 spiro atoms. The maximum atomic E-state index is 12.5. The minimum Gasteiger partial charge on any atom is -0.379 e. The van der Waals surface area contributed by atoms with Crippen LogP contribution in [0.1, 0.15) is 44.1 Å². The molecule has 1 saturated heterocycles. The summed E-state index contributed by atoms with van der Waals surface area (Å²) in [5, 5.41) is 3.05. The third kappa shape index (κ3) is 7.24. The van der Waals surface area contributed by atoms with Crippen molar-refractivity contribution >= 4 is 36.4 Å². The zero-order valence-electron chi connectivity index (χ0n) is 16.0. The van der Waals surface area contributed by atoms with Crippen LogP contribution in [0.3, 0.4) is 0 Å². The summed E-state index contributed by atoms with van der Waals surface area (Å²) in [6, 6.07) is 8.21. The van der Waals surface area contributed by atoms with E-state index < -0.39 is 0 Å². The first-order valence-corrected chi connectivity index (χ1v) is 9.58. The van der Waals surface area contributed by atoms with Crippen molar-refractivity contribution < 1.29 is 9.53 Å². The molecule has 5 nitrogen and oxygen atoms in total. The van der Waals surface area contributed by atoms with Gasteiger partial charge in [0.15, 0.2) is 0 Å². The molecule has 0 aromatic heterocycles. The van der Waals surface area contributed by atoms with E-state index in [2.05, 4.69) is 22.3 Å².